The lowest BCUT2D eigenvalue weighted by Gasteiger charge is -2.38. The summed E-state index contributed by atoms with van der Waals surface area (Å²) in [5.74, 6) is 0. The fraction of sp³-hybridized carbons (Fsp3) is 0.471. The van der Waals surface area contributed by atoms with Crippen molar-refractivity contribution in [3.8, 4) is 0 Å². The van der Waals surface area contributed by atoms with Crippen molar-refractivity contribution >= 4 is 22.3 Å². The Morgan fingerprint density at radius 3 is 3.05 bits per heavy atom. The first-order valence-electron chi connectivity index (χ1n) is 7.71. The van der Waals surface area contributed by atoms with Crippen LogP contribution in [0.4, 0.5) is 11.4 Å². The number of benzene rings is 1. The zero-order chi connectivity index (χ0) is 13.9. The molecule has 3 nitrogen and oxygen atoms in total. The smallest absolute Gasteiger partial charge is 0.0956 e. The van der Waals surface area contributed by atoms with Crippen molar-refractivity contribution in [1.82, 2.24) is 4.98 Å². The lowest BCUT2D eigenvalue weighted by atomic mass is 9.97. The summed E-state index contributed by atoms with van der Waals surface area (Å²) in [5, 5.41) is 1.07. The van der Waals surface area contributed by atoms with Crippen LogP contribution in [-0.2, 0) is 0 Å². The second kappa shape index (κ2) is 5.70. The van der Waals surface area contributed by atoms with E-state index in [2.05, 4.69) is 28.9 Å². The average Bonchev–Trinajstić information content (AvgIpc) is 2.49. The SMILES string of the molecule is CCCC1CCCCN1c1ccc(N)c2cccnc12. The highest BCUT2D eigenvalue weighted by atomic mass is 15.2. The van der Waals surface area contributed by atoms with E-state index in [-0.39, 0.29) is 0 Å². The summed E-state index contributed by atoms with van der Waals surface area (Å²) in [7, 11) is 0. The first-order valence-corrected chi connectivity index (χ1v) is 7.71. The van der Waals surface area contributed by atoms with E-state index in [4.69, 9.17) is 5.73 Å². The van der Waals surface area contributed by atoms with E-state index in [0.717, 1.165) is 23.1 Å². The first-order chi connectivity index (χ1) is 9.81. The van der Waals surface area contributed by atoms with Crippen LogP contribution in [-0.4, -0.2) is 17.6 Å². The van der Waals surface area contributed by atoms with Crippen LogP contribution in [0.3, 0.4) is 0 Å². The Morgan fingerprint density at radius 2 is 2.20 bits per heavy atom. The number of hydrogen-bond acceptors (Lipinski definition) is 3. The van der Waals surface area contributed by atoms with Crippen molar-refractivity contribution in [3.05, 3.63) is 30.5 Å². The molecule has 0 radical (unpaired) electrons. The number of nitrogens with two attached hydrogens (primary N) is 1. The number of hydrogen-bond donors (Lipinski definition) is 1. The lowest BCUT2D eigenvalue weighted by Crippen LogP contribution is -2.39. The zero-order valence-corrected chi connectivity index (χ0v) is 12.2. The largest absolute Gasteiger partial charge is 0.398 e. The predicted octanol–water partition coefficient (Wildman–Crippen LogP) is 3.98. The maximum atomic E-state index is 6.09. The molecule has 0 aliphatic carbocycles. The van der Waals surface area contributed by atoms with Crippen molar-refractivity contribution in [3.63, 3.8) is 0 Å². The molecule has 1 unspecified atom stereocenters. The van der Waals surface area contributed by atoms with Crippen LogP contribution in [0.25, 0.3) is 10.9 Å². The molecule has 1 aromatic carbocycles. The summed E-state index contributed by atoms with van der Waals surface area (Å²) >= 11 is 0. The molecular formula is C17H23N3. The van der Waals surface area contributed by atoms with Gasteiger partial charge in [-0.15, -0.1) is 0 Å². The summed E-state index contributed by atoms with van der Waals surface area (Å²) in [5.41, 5.74) is 9.22. The van der Waals surface area contributed by atoms with Gasteiger partial charge in [-0.3, -0.25) is 4.98 Å². The maximum absolute atomic E-state index is 6.09. The van der Waals surface area contributed by atoms with Gasteiger partial charge in [-0.1, -0.05) is 13.3 Å². The summed E-state index contributed by atoms with van der Waals surface area (Å²) in [6.07, 6.45) is 8.29. The van der Waals surface area contributed by atoms with E-state index in [1.165, 1.54) is 37.8 Å². The van der Waals surface area contributed by atoms with Crippen molar-refractivity contribution in [2.24, 2.45) is 0 Å². The number of fused-ring (bicyclic) bond motifs is 1. The average molecular weight is 269 g/mol. The van der Waals surface area contributed by atoms with Gasteiger partial charge in [-0.05, 0) is 49.9 Å². The highest BCUT2D eigenvalue weighted by Gasteiger charge is 2.23. The molecule has 2 N–H and O–H groups in total. The number of nitrogen functional groups attached to an aromatic ring is 1. The second-order valence-electron chi connectivity index (χ2n) is 5.71. The van der Waals surface area contributed by atoms with Gasteiger partial charge in [0.2, 0.25) is 0 Å². The van der Waals surface area contributed by atoms with Crippen molar-refractivity contribution < 1.29 is 0 Å². The molecule has 0 amide bonds. The molecule has 2 aromatic rings. The predicted molar refractivity (Wildman–Crippen MR) is 86.0 cm³/mol. The Labute approximate surface area is 120 Å². The third-order valence-electron chi connectivity index (χ3n) is 4.34. The molecule has 20 heavy (non-hydrogen) atoms. The third kappa shape index (κ3) is 2.33. The standard InChI is InChI=1S/C17H23N3/c1-2-6-13-7-3-4-12-20(13)16-10-9-15(18)14-8-5-11-19-17(14)16/h5,8-11,13H,2-4,6-7,12,18H2,1H3. The Hall–Kier alpha value is -1.77. The Balaban J connectivity index is 2.06. The Bertz CT molecular complexity index is 592. The number of aromatic nitrogens is 1. The van der Waals surface area contributed by atoms with Gasteiger partial charge in [0.25, 0.3) is 0 Å². The van der Waals surface area contributed by atoms with E-state index in [1.54, 1.807) is 0 Å². The van der Waals surface area contributed by atoms with E-state index in [1.807, 2.05) is 18.3 Å². The minimum absolute atomic E-state index is 0.655. The highest BCUT2D eigenvalue weighted by Crippen LogP contribution is 2.34. The van der Waals surface area contributed by atoms with Gasteiger partial charge in [0.15, 0.2) is 0 Å². The number of anilines is 2. The molecular weight excluding hydrogens is 246 g/mol. The molecule has 0 saturated carbocycles. The molecule has 1 aliphatic rings. The molecule has 1 aromatic heterocycles. The second-order valence-corrected chi connectivity index (χ2v) is 5.71. The van der Waals surface area contributed by atoms with Crippen LogP contribution in [0.5, 0.6) is 0 Å². The fourth-order valence-electron chi connectivity index (χ4n) is 3.36. The minimum Gasteiger partial charge on any atom is -0.398 e. The summed E-state index contributed by atoms with van der Waals surface area (Å²) < 4.78 is 0. The van der Waals surface area contributed by atoms with E-state index in [9.17, 15) is 0 Å². The van der Waals surface area contributed by atoms with Crippen LogP contribution in [0.2, 0.25) is 0 Å². The molecule has 3 heteroatoms. The highest BCUT2D eigenvalue weighted by molar-refractivity contribution is 5.98. The molecule has 2 heterocycles. The molecule has 1 saturated heterocycles. The van der Waals surface area contributed by atoms with Gasteiger partial charge < -0.3 is 10.6 Å². The summed E-state index contributed by atoms with van der Waals surface area (Å²) in [4.78, 5) is 7.15. The van der Waals surface area contributed by atoms with E-state index in [0.29, 0.717) is 6.04 Å². The van der Waals surface area contributed by atoms with Crippen LogP contribution in [0.15, 0.2) is 30.5 Å². The molecule has 106 valence electrons. The Kier molecular flexibility index (Phi) is 3.77. The van der Waals surface area contributed by atoms with Crippen LogP contribution in [0, 0.1) is 0 Å². The monoisotopic (exact) mass is 269 g/mol. The van der Waals surface area contributed by atoms with E-state index >= 15 is 0 Å². The lowest BCUT2D eigenvalue weighted by molar-refractivity contribution is 0.435. The van der Waals surface area contributed by atoms with Gasteiger partial charge in [0.1, 0.15) is 0 Å². The topological polar surface area (TPSA) is 42.1 Å². The van der Waals surface area contributed by atoms with Gasteiger partial charge in [-0.2, -0.15) is 0 Å². The van der Waals surface area contributed by atoms with Crippen LogP contribution >= 0.6 is 0 Å². The molecule has 1 atom stereocenters. The van der Waals surface area contributed by atoms with Gasteiger partial charge >= 0.3 is 0 Å². The Morgan fingerprint density at radius 1 is 1.30 bits per heavy atom. The third-order valence-corrected chi connectivity index (χ3v) is 4.34. The van der Waals surface area contributed by atoms with Gasteiger partial charge in [0, 0.05) is 29.9 Å². The molecule has 0 spiro atoms. The quantitative estimate of drug-likeness (QED) is 0.857. The van der Waals surface area contributed by atoms with Gasteiger partial charge in [0.05, 0.1) is 11.2 Å². The molecule has 1 aliphatic heterocycles. The normalized spacial score (nSPS) is 19.4. The zero-order valence-electron chi connectivity index (χ0n) is 12.2. The number of nitrogens with zero attached hydrogens (tertiary/aromatic N) is 2. The van der Waals surface area contributed by atoms with Crippen molar-refractivity contribution in [2.75, 3.05) is 17.2 Å². The minimum atomic E-state index is 0.655. The van der Waals surface area contributed by atoms with Crippen molar-refractivity contribution in [2.45, 2.75) is 45.1 Å². The van der Waals surface area contributed by atoms with Crippen LogP contribution < -0.4 is 10.6 Å². The maximum Gasteiger partial charge on any atom is 0.0956 e. The van der Waals surface area contributed by atoms with Crippen LogP contribution in [0.1, 0.15) is 39.0 Å². The summed E-state index contributed by atoms with van der Waals surface area (Å²) in [6, 6.07) is 8.86. The van der Waals surface area contributed by atoms with E-state index < -0.39 is 0 Å². The summed E-state index contributed by atoms with van der Waals surface area (Å²) in [6.45, 7) is 3.41. The fourth-order valence-corrected chi connectivity index (χ4v) is 3.36. The number of pyridine rings is 1. The van der Waals surface area contributed by atoms with Crippen molar-refractivity contribution in [1.29, 1.82) is 0 Å². The molecule has 1 fully saturated rings. The molecule has 0 bridgehead atoms. The first kappa shape index (κ1) is 13.2. The number of rotatable bonds is 3. The van der Waals surface area contributed by atoms with Gasteiger partial charge in [-0.25, -0.2) is 0 Å². The number of piperidine rings is 1. The molecule has 3 rings (SSSR count).